The topological polar surface area (TPSA) is 67.9 Å². The van der Waals surface area contributed by atoms with E-state index in [0.717, 1.165) is 28.0 Å². The zero-order valence-corrected chi connectivity index (χ0v) is 18.4. The number of benzene rings is 3. The largest absolute Gasteiger partial charge is 0.497 e. The Labute approximate surface area is 187 Å². The van der Waals surface area contributed by atoms with Gasteiger partial charge in [0, 0.05) is 0 Å². The molecule has 1 N–H and O–H groups in total. The number of hydrogen-bond donors (Lipinski definition) is 1. The summed E-state index contributed by atoms with van der Waals surface area (Å²) < 4.78 is 10.9. The van der Waals surface area contributed by atoms with Crippen LogP contribution < -0.4 is 14.8 Å². The van der Waals surface area contributed by atoms with Crippen molar-refractivity contribution >= 4 is 11.9 Å². The summed E-state index contributed by atoms with van der Waals surface area (Å²) in [5.74, 6) is 1.06. The molecule has 1 unspecified atom stereocenters. The zero-order chi connectivity index (χ0) is 22.7. The van der Waals surface area contributed by atoms with E-state index in [0.29, 0.717) is 5.75 Å². The van der Waals surface area contributed by atoms with Gasteiger partial charge in [0.05, 0.1) is 13.7 Å². The van der Waals surface area contributed by atoms with Crippen molar-refractivity contribution in [1.82, 2.24) is 10.2 Å². The first-order valence-corrected chi connectivity index (χ1v) is 10.5. The lowest BCUT2D eigenvalue weighted by Crippen LogP contribution is -2.45. The SMILES string of the molecule is COc1ccc(OCCN2C(=O)NC(c3ccccc3)(c3ccc(C)c(C)c3)C2=O)cc1. The fourth-order valence-electron chi connectivity index (χ4n) is 3.93. The second-order valence-corrected chi connectivity index (χ2v) is 7.83. The molecule has 1 aliphatic rings. The summed E-state index contributed by atoms with van der Waals surface area (Å²) in [7, 11) is 1.60. The molecule has 0 saturated carbocycles. The van der Waals surface area contributed by atoms with Crippen molar-refractivity contribution in [3.05, 3.63) is 95.1 Å². The first kappa shape index (κ1) is 21.4. The summed E-state index contributed by atoms with van der Waals surface area (Å²) in [6, 6.07) is 21.9. The van der Waals surface area contributed by atoms with Crippen LogP contribution in [-0.2, 0) is 10.3 Å². The second-order valence-electron chi connectivity index (χ2n) is 7.83. The molecule has 0 bridgehead atoms. The average molecular weight is 431 g/mol. The number of methoxy groups -OCH3 is 1. The average Bonchev–Trinajstić information content (AvgIpc) is 3.07. The maximum absolute atomic E-state index is 13.7. The van der Waals surface area contributed by atoms with Crippen LogP contribution in [0.2, 0.25) is 0 Å². The van der Waals surface area contributed by atoms with Gasteiger partial charge in [-0.25, -0.2) is 4.79 Å². The molecule has 1 saturated heterocycles. The first-order valence-electron chi connectivity index (χ1n) is 10.5. The van der Waals surface area contributed by atoms with E-state index in [-0.39, 0.29) is 19.1 Å². The van der Waals surface area contributed by atoms with Crippen molar-refractivity contribution in [3.63, 3.8) is 0 Å². The zero-order valence-electron chi connectivity index (χ0n) is 18.4. The summed E-state index contributed by atoms with van der Waals surface area (Å²) in [5.41, 5.74) is 2.38. The maximum atomic E-state index is 13.7. The van der Waals surface area contributed by atoms with E-state index in [2.05, 4.69) is 5.32 Å². The number of imide groups is 1. The van der Waals surface area contributed by atoms with Crippen LogP contribution in [0.1, 0.15) is 22.3 Å². The van der Waals surface area contributed by atoms with Crippen molar-refractivity contribution in [2.75, 3.05) is 20.3 Å². The standard InChI is InChI=1S/C26H26N2O4/c1-18-9-10-21(17-19(18)2)26(20-7-5-4-6-8-20)24(29)28(25(30)27-26)15-16-32-23-13-11-22(31-3)12-14-23/h4-14,17H,15-16H2,1-3H3,(H,27,30). The Morgan fingerprint density at radius 2 is 1.53 bits per heavy atom. The molecule has 0 aromatic heterocycles. The third-order valence-electron chi connectivity index (χ3n) is 5.90. The molecule has 0 spiro atoms. The highest BCUT2D eigenvalue weighted by atomic mass is 16.5. The van der Waals surface area contributed by atoms with Crippen molar-refractivity contribution < 1.29 is 19.1 Å². The van der Waals surface area contributed by atoms with Crippen molar-refractivity contribution in [2.45, 2.75) is 19.4 Å². The minimum atomic E-state index is -1.27. The predicted octanol–water partition coefficient (Wildman–Crippen LogP) is 4.19. The Hall–Kier alpha value is -3.80. The smallest absolute Gasteiger partial charge is 0.325 e. The number of carbonyl (C=O) groups is 2. The fourth-order valence-corrected chi connectivity index (χ4v) is 3.93. The highest BCUT2D eigenvalue weighted by Crippen LogP contribution is 2.36. The van der Waals surface area contributed by atoms with E-state index in [1.807, 2.05) is 62.4 Å². The van der Waals surface area contributed by atoms with Gasteiger partial charge in [-0.2, -0.15) is 0 Å². The van der Waals surface area contributed by atoms with Crippen LogP contribution >= 0.6 is 0 Å². The predicted molar refractivity (Wildman–Crippen MR) is 122 cm³/mol. The number of urea groups is 1. The summed E-state index contributed by atoms with van der Waals surface area (Å²) in [5, 5.41) is 2.98. The van der Waals surface area contributed by atoms with Gasteiger partial charge >= 0.3 is 6.03 Å². The van der Waals surface area contributed by atoms with E-state index in [1.54, 1.807) is 31.4 Å². The number of amides is 3. The number of hydrogen-bond acceptors (Lipinski definition) is 4. The Balaban J connectivity index is 1.60. The molecule has 1 heterocycles. The Morgan fingerprint density at radius 3 is 2.19 bits per heavy atom. The van der Waals surface area contributed by atoms with Gasteiger partial charge in [0.2, 0.25) is 0 Å². The van der Waals surface area contributed by atoms with Gasteiger partial charge in [0.25, 0.3) is 5.91 Å². The fraction of sp³-hybridized carbons (Fsp3) is 0.231. The summed E-state index contributed by atoms with van der Waals surface area (Å²) in [6.07, 6.45) is 0. The van der Waals surface area contributed by atoms with E-state index in [4.69, 9.17) is 9.47 Å². The quantitative estimate of drug-likeness (QED) is 0.571. The molecule has 3 aromatic carbocycles. The third-order valence-corrected chi connectivity index (χ3v) is 5.90. The number of nitrogens with one attached hydrogen (secondary N) is 1. The van der Waals surface area contributed by atoms with Gasteiger partial charge in [-0.05, 0) is 60.4 Å². The molecule has 32 heavy (non-hydrogen) atoms. The van der Waals surface area contributed by atoms with Crippen LogP contribution in [0.25, 0.3) is 0 Å². The van der Waals surface area contributed by atoms with Crippen LogP contribution in [-0.4, -0.2) is 37.1 Å². The molecular formula is C26H26N2O4. The Morgan fingerprint density at radius 1 is 0.844 bits per heavy atom. The summed E-state index contributed by atoms with van der Waals surface area (Å²) in [6.45, 7) is 4.34. The minimum Gasteiger partial charge on any atom is -0.497 e. The number of ether oxygens (including phenoxy) is 2. The Kier molecular flexibility index (Phi) is 5.86. The molecule has 6 heteroatoms. The highest BCUT2D eigenvalue weighted by Gasteiger charge is 2.53. The number of aryl methyl sites for hydroxylation is 2. The van der Waals surface area contributed by atoms with Gasteiger partial charge in [0.15, 0.2) is 5.54 Å². The molecule has 4 rings (SSSR count). The molecule has 6 nitrogen and oxygen atoms in total. The van der Waals surface area contributed by atoms with Gasteiger partial charge in [0.1, 0.15) is 18.1 Å². The molecular weight excluding hydrogens is 404 g/mol. The van der Waals surface area contributed by atoms with Crippen molar-refractivity contribution in [2.24, 2.45) is 0 Å². The van der Waals surface area contributed by atoms with Crippen LogP contribution in [0.4, 0.5) is 4.79 Å². The van der Waals surface area contributed by atoms with E-state index in [9.17, 15) is 9.59 Å². The van der Waals surface area contributed by atoms with Gasteiger partial charge in [-0.1, -0.05) is 48.5 Å². The normalized spacial score (nSPS) is 17.9. The number of carbonyl (C=O) groups excluding carboxylic acids is 2. The summed E-state index contributed by atoms with van der Waals surface area (Å²) >= 11 is 0. The molecule has 1 atom stereocenters. The van der Waals surface area contributed by atoms with Crippen molar-refractivity contribution in [3.8, 4) is 11.5 Å². The van der Waals surface area contributed by atoms with E-state index < -0.39 is 11.6 Å². The van der Waals surface area contributed by atoms with Crippen molar-refractivity contribution in [1.29, 1.82) is 0 Å². The van der Waals surface area contributed by atoms with Gasteiger partial charge in [-0.15, -0.1) is 0 Å². The second kappa shape index (κ2) is 8.75. The number of rotatable bonds is 7. The number of nitrogens with zero attached hydrogens (tertiary/aromatic N) is 1. The van der Waals surface area contributed by atoms with Crippen LogP contribution in [0, 0.1) is 13.8 Å². The molecule has 1 aliphatic heterocycles. The van der Waals surface area contributed by atoms with Crippen LogP contribution in [0.3, 0.4) is 0 Å². The molecule has 1 fully saturated rings. The van der Waals surface area contributed by atoms with Gasteiger partial charge < -0.3 is 14.8 Å². The minimum absolute atomic E-state index is 0.135. The van der Waals surface area contributed by atoms with E-state index in [1.165, 1.54) is 4.90 Å². The maximum Gasteiger partial charge on any atom is 0.325 e. The first-order chi connectivity index (χ1) is 15.5. The summed E-state index contributed by atoms with van der Waals surface area (Å²) in [4.78, 5) is 27.9. The Bertz CT molecular complexity index is 1130. The lowest BCUT2D eigenvalue weighted by atomic mass is 9.81. The lowest BCUT2D eigenvalue weighted by Gasteiger charge is -2.28. The molecule has 0 radical (unpaired) electrons. The van der Waals surface area contributed by atoms with E-state index >= 15 is 0 Å². The highest BCUT2D eigenvalue weighted by molar-refractivity contribution is 6.09. The molecule has 0 aliphatic carbocycles. The molecule has 3 amide bonds. The molecule has 3 aromatic rings. The monoisotopic (exact) mass is 430 g/mol. The lowest BCUT2D eigenvalue weighted by molar-refractivity contribution is -0.130. The molecule has 164 valence electrons. The third kappa shape index (κ3) is 3.80. The van der Waals surface area contributed by atoms with Gasteiger partial charge in [-0.3, -0.25) is 9.69 Å². The van der Waals surface area contributed by atoms with Crippen LogP contribution in [0.15, 0.2) is 72.8 Å². The van der Waals surface area contributed by atoms with Crippen LogP contribution in [0.5, 0.6) is 11.5 Å².